The maximum atomic E-state index is 6.02. The van der Waals surface area contributed by atoms with Crippen LogP contribution in [0.2, 0.25) is 5.76 Å². The monoisotopic (exact) mass is 686 g/mol. The van der Waals surface area contributed by atoms with Crippen molar-refractivity contribution in [1.29, 1.82) is 0 Å². The molecule has 0 amide bonds. The van der Waals surface area contributed by atoms with Gasteiger partial charge in [-0.15, -0.1) is 0 Å². The van der Waals surface area contributed by atoms with E-state index >= 15 is 0 Å². The summed E-state index contributed by atoms with van der Waals surface area (Å²) in [7, 11) is 10.9. The minimum atomic E-state index is -2.03. The summed E-state index contributed by atoms with van der Waals surface area (Å²) in [6.07, 6.45) is 0. The molecule has 0 spiro atoms. The van der Waals surface area contributed by atoms with E-state index in [0.29, 0.717) is 10.8 Å². The zero-order valence-electron chi connectivity index (χ0n) is 20.6. The molecule has 0 aliphatic carbocycles. The number of hydrogen-bond donors (Lipinski definition) is 0. The Hall–Kier alpha value is -0.0870. The molecule has 3 rings (SSSR count). The van der Waals surface area contributed by atoms with E-state index in [1.54, 1.807) is 0 Å². The van der Waals surface area contributed by atoms with E-state index in [-0.39, 0.29) is 0 Å². The molecule has 4 heteroatoms. The quantitative estimate of drug-likeness (QED) is 0.178. The van der Waals surface area contributed by atoms with Gasteiger partial charge in [0.25, 0.3) is 0 Å². The summed E-state index contributed by atoms with van der Waals surface area (Å²) in [6, 6.07) is 23.7. The number of halogens is 2. The normalized spacial score (nSPS) is 11.1. The number of benzene rings is 1. The molecule has 31 heavy (non-hydrogen) atoms. The van der Waals surface area contributed by atoms with Gasteiger partial charge in [0.05, 0.1) is 0 Å². The molecule has 0 bridgehead atoms. The summed E-state index contributed by atoms with van der Waals surface area (Å²) in [6.45, 7) is 17.7. The number of aryl methyl sites for hydroxylation is 2. The van der Waals surface area contributed by atoms with Crippen molar-refractivity contribution in [3.05, 3.63) is 89.0 Å². The average Bonchev–Trinajstić information content (AvgIpc) is 3.31. The van der Waals surface area contributed by atoms with Crippen LogP contribution in [0.3, 0.4) is 0 Å². The molecule has 0 nitrogen and oxygen atoms in total. The van der Waals surface area contributed by atoms with E-state index in [4.69, 9.17) is 17.2 Å². The van der Waals surface area contributed by atoms with E-state index in [1.807, 2.05) is 6.07 Å². The second-order valence-corrected chi connectivity index (χ2v) is 57.1. The van der Waals surface area contributed by atoms with Gasteiger partial charge in [-0.2, -0.15) is 46.5 Å². The summed E-state index contributed by atoms with van der Waals surface area (Å²) in [4.78, 5) is 0. The topological polar surface area (TPSA) is 0 Å². The Bertz CT molecular complexity index is 897. The molecule has 0 heterocycles. The SMILES string of the molecule is Cc1cc(C(C)(C)C)c[cH-]1.Cc1cc(C(C)(C)C)c[cH-]1.[CH3][Ge]([c]1ccccc1)=[Hf]([Cl])[Cl]. The zero-order valence-corrected chi connectivity index (χ0v) is 27.8. The maximum absolute atomic E-state index is 6.02. The Morgan fingerprint density at radius 3 is 1.35 bits per heavy atom. The fraction of sp³-hybridized carbons (Fsp3) is 0.407. The molecule has 170 valence electrons. The first-order chi connectivity index (χ1) is 14.2. The zero-order chi connectivity index (χ0) is 23.8. The fourth-order valence-electron chi connectivity index (χ4n) is 2.86. The van der Waals surface area contributed by atoms with Gasteiger partial charge in [-0.1, -0.05) is 66.2 Å². The van der Waals surface area contributed by atoms with Crippen LogP contribution >= 0.6 is 17.2 Å². The molecule has 0 atom stereocenters. The predicted molar refractivity (Wildman–Crippen MR) is 140 cm³/mol. The summed E-state index contributed by atoms with van der Waals surface area (Å²) in [5, 5.41) is 0. The number of hydrogen-bond acceptors (Lipinski definition) is 0. The molecular formula is C27H38Cl2GeHf-2. The molecule has 3 aromatic carbocycles. The van der Waals surface area contributed by atoms with Crippen LogP contribution in [0.4, 0.5) is 0 Å². The van der Waals surface area contributed by atoms with Crippen molar-refractivity contribution in [3.63, 3.8) is 0 Å². The molecule has 0 aliphatic heterocycles. The number of rotatable bonds is 1. The third-order valence-corrected chi connectivity index (χ3v) is 48.8. The van der Waals surface area contributed by atoms with Gasteiger partial charge >= 0.3 is 83.7 Å². The van der Waals surface area contributed by atoms with E-state index in [2.05, 4.69) is 122 Å². The average molecular weight is 685 g/mol. The van der Waals surface area contributed by atoms with Crippen molar-refractivity contribution in [3.8, 4) is 0 Å². The first kappa shape index (κ1) is 28.9. The molecule has 0 unspecified atom stereocenters. The van der Waals surface area contributed by atoms with Crippen LogP contribution in [0.25, 0.3) is 0 Å². The van der Waals surface area contributed by atoms with Crippen molar-refractivity contribution in [2.45, 2.75) is 72.0 Å². The van der Waals surface area contributed by atoms with Crippen molar-refractivity contribution < 1.29 is 16.0 Å². The Morgan fingerprint density at radius 1 is 0.742 bits per heavy atom. The van der Waals surface area contributed by atoms with Gasteiger partial charge in [0.15, 0.2) is 0 Å². The van der Waals surface area contributed by atoms with E-state index < -0.39 is 26.0 Å². The summed E-state index contributed by atoms with van der Waals surface area (Å²) in [5.74, 6) is 2.28. The second kappa shape index (κ2) is 13.0. The van der Waals surface area contributed by atoms with Gasteiger partial charge in [-0.05, 0) is 0 Å². The Morgan fingerprint density at radius 2 is 1.13 bits per heavy atom. The van der Waals surface area contributed by atoms with Gasteiger partial charge in [-0.25, -0.2) is 12.1 Å². The van der Waals surface area contributed by atoms with Crippen molar-refractivity contribution in [2.24, 2.45) is 0 Å². The van der Waals surface area contributed by atoms with Gasteiger partial charge in [0.2, 0.25) is 0 Å². The third kappa shape index (κ3) is 11.1. The van der Waals surface area contributed by atoms with E-state index in [1.165, 1.54) is 26.6 Å². The van der Waals surface area contributed by atoms with E-state index in [0.717, 1.165) is 0 Å². The summed E-state index contributed by atoms with van der Waals surface area (Å²) >= 11 is -2.03. The standard InChI is InChI=1S/2C10H15.C7H8Ge.2ClH.Hf/c2*1-8-5-6-9(7-8)10(2,3)4;1-8-7-5-3-2-4-6-7;;;/h2*5-7H,1-4H3;2-6H,1H3;2*1H;/q2*-1;;;;+2/p-2. The van der Waals surface area contributed by atoms with Crippen molar-refractivity contribution in [1.82, 2.24) is 0 Å². The first-order valence-electron chi connectivity index (χ1n) is 10.8. The van der Waals surface area contributed by atoms with Crippen LogP contribution in [-0.2, 0) is 26.8 Å². The Kier molecular flexibility index (Phi) is 12.1. The third-order valence-electron chi connectivity index (χ3n) is 5.04. The Balaban J connectivity index is 0.000000233. The molecule has 0 fully saturated rings. The molecule has 0 aromatic heterocycles. The van der Waals surface area contributed by atoms with Crippen LogP contribution in [-0.4, -0.2) is 10.1 Å². The molecule has 3 aromatic rings. The van der Waals surface area contributed by atoms with Crippen molar-refractivity contribution >= 4 is 31.6 Å². The molecule has 0 saturated heterocycles. The van der Waals surface area contributed by atoms with Crippen molar-refractivity contribution in [2.75, 3.05) is 0 Å². The van der Waals surface area contributed by atoms with E-state index in [9.17, 15) is 0 Å². The summed E-state index contributed by atoms with van der Waals surface area (Å²) < 4.78 is 1.44. The van der Waals surface area contributed by atoms with Gasteiger partial charge in [0.1, 0.15) is 0 Å². The molecule has 0 aliphatic rings. The molecule has 0 N–H and O–H groups in total. The first-order valence-corrected chi connectivity index (χ1v) is 33.2. The molecule has 0 radical (unpaired) electrons. The minimum absolute atomic E-state index is 0.314. The van der Waals surface area contributed by atoms with Gasteiger partial charge in [0, 0.05) is 0 Å². The van der Waals surface area contributed by atoms with Gasteiger partial charge in [-0.3, -0.25) is 0 Å². The van der Waals surface area contributed by atoms with Gasteiger partial charge < -0.3 is 0 Å². The van der Waals surface area contributed by atoms with Crippen LogP contribution in [0, 0.1) is 13.8 Å². The second-order valence-electron chi connectivity index (χ2n) is 10.1. The van der Waals surface area contributed by atoms with Crippen LogP contribution < -0.4 is 4.40 Å². The fourth-order valence-corrected chi connectivity index (χ4v) is 21.2. The van der Waals surface area contributed by atoms with Crippen LogP contribution in [0.1, 0.15) is 63.8 Å². The van der Waals surface area contributed by atoms with Crippen LogP contribution in [0.5, 0.6) is 0 Å². The molecular weight excluding hydrogens is 646 g/mol. The molecule has 0 saturated carbocycles. The Labute approximate surface area is 206 Å². The summed E-state index contributed by atoms with van der Waals surface area (Å²) in [5.41, 5.74) is 6.23. The predicted octanol–water partition coefficient (Wildman–Crippen LogP) is 8.46. The van der Waals surface area contributed by atoms with Crippen LogP contribution in [0.15, 0.2) is 66.7 Å².